The van der Waals surface area contributed by atoms with E-state index in [2.05, 4.69) is 34.7 Å². The van der Waals surface area contributed by atoms with Gasteiger partial charge in [0.05, 0.1) is 31.1 Å². The van der Waals surface area contributed by atoms with Crippen LogP contribution in [0.3, 0.4) is 0 Å². The molecule has 1 unspecified atom stereocenters. The fraction of sp³-hybridized carbons (Fsp3) is 0.400. The molecule has 5 heteroatoms. The number of ether oxygens (including phenoxy) is 1. The minimum absolute atomic E-state index is 0.382. The molecule has 0 amide bonds. The van der Waals surface area contributed by atoms with Crippen molar-refractivity contribution in [3.05, 3.63) is 42.2 Å². The second-order valence-corrected chi connectivity index (χ2v) is 5.99. The summed E-state index contributed by atoms with van der Waals surface area (Å²) < 4.78 is 6.98. The number of nitrogens with one attached hydrogen (secondary N) is 1. The molecule has 1 aromatic carbocycles. The molecule has 0 radical (unpaired) electrons. The van der Waals surface area contributed by atoms with Crippen LogP contribution in [0.25, 0.3) is 0 Å². The smallest absolute Gasteiger partial charge is 0.0731 e. The molecule has 0 saturated carbocycles. The van der Waals surface area contributed by atoms with Crippen LogP contribution in [0, 0.1) is 0 Å². The highest BCUT2D eigenvalue weighted by atomic mass is 32.2. The fourth-order valence-corrected chi connectivity index (χ4v) is 3.56. The van der Waals surface area contributed by atoms with Gasteiger partial charge in [0, 0.05) is 24.0 Å². The van der Waals surface area contributed by atoms with Gasteiger partial charge in [0.2, 0.25) is 0 Å². The third-order valence-corrected chi connectivity index (χ3v) is 4.58. The van der Waals surface area contributed by atoms with Crippen LogP contribution in [0.1, 0.15) is 18.0 Å². The number of rotatable bonds is 5. The number of thioether (sulfide) groups is 1. The van der Waals surface area contributed by atoms with Crippen molar-refractivity contribution in [1.82, 2.24) is 9.78 Å². The summed E-state index contributed by atoms with van der Waals surface area (Å²) in [5, 5.41) is 7.94. The first-order chi connectivity index (χ1) is 9.86. The molecule has 1 aliphatic heterocycles. The molecule has 0 fully saturated rings. The quantitative estimate of drug-likeness (QED) is 0.917. The molecular weight excluding hydrogens is 270 g/mol. The summed E-state index contributed by atoms with van der Waals surface area (Å²) in [6.07, 6.45) is 5.08. The van der Waals surface area contributed by atoms with Crippen LogP contribution in [0.2, 0.25) is 0 Å². The number of methoxy groups -OCH3 is 1. The summed E-state index contributed by atoms with van der Waals surface area (Å²) >= 11 is 1.94. The molecule has 106 valence electrons. The van der Waals surface area contributed by atoms with Crippen LogP contribution in [0.4, 0.5) is 5.69 Å². The Kier molecular flexibility index (Phi) is 4.28. The maximum atomic E-state index is 5.07. The molecule has 2 heterocycles. The largest absolute Gasteiger partial charge is 0.383 e. The van der Waals surface area contributed by atoms with Gasteiger partial charge in [-0.1, -0.05) is 18.2 Å². The van der Waals surface area contributed by atoms with Gasteiger partial charge in [0.25, 0.3) is 0 Å². The second-order valence-electron chi connectivity index (χ2n) is 4.86. The van der Waals surface area contributed by atoms with Gasteiger partial charge >= 0.3 is 0 Å². The average molecular weight is 289 g/mol. The van der Waals surface area contributed by atoms with E-state index in [0.29, 0.717) is 12.6 Å². The summed E-state index contributed by atoms with van der Waals surface area (Å²) in [5.74, 6) is 1.16. The van der Waals surface area contributed by atoms with Crippen molar-refractivity contribution in [3.63, 3.8) is 0 Å². The lowest BCUT2D eigenvalue weighted by atomic mass is 10.0. The van der Waals surface area contributed by atoms with Gasteiger partial charge in [-0.2, -0.15) is 5.10 Å². The standard InChI is InChI=1S/C15H19N3OS/c1-19-8-7-18-11-12(10-16-18)17-14-6-9-20-15-5-3-2-4-13(14)15/h2-5,10-11,14,17H,6-9H2,1H3. The molecule has 4 nitrogen and oxygen atoms in total. The van der Waals surface area contributed by atoms with Crippen molar-refractivity contribution in [2.45, 2.75) is 23.9 Å². The van der Waals surface area contributed by atoms with E-state index in [1.165, 1.54) is 10.5 Å². The first-order valence-electron chi connectivity index (χ1n) is 6.86. The van der Waals surface area contributed by atoms with Crippen LogP contribution in [-0.4, -0.2) is 29.3 Å². The van der Waals surface area contributed by atoms with Crippen molar-refractivity contribution >= 4 is 17.4 Å². The van der Waals surface area contributed by atoms with E-state index < -0.39 is 0 Å². The zero-order valence-electron chi connectivity index (χ0n) is 11.6. The predicted octanol–water partition coefficient (Wildman–Crippen LogP) is 3.18. The maximum absolute atomic E-state index is 5.07. The Bertz CT molecular complexity index is 570. The Hall–Kier alpha value is -1.46. The van der Waals surface area contributed by atoms with Gasteiger partial charge in [-0.25, -0.2) is 0 Å². The summed E-state index contributed by atoms with van der Waals surface area (Å²) in [6.45, 7) is 1.47. The number of fused-ring (bicyclic) bond motifs is 1. The summed E-state index contributed by atoms with van der Waals surface area (Å²) in [6, 6.07) is 9.02. The van der Waals surface area contributed by atoms with Gasteiger partial charge in [-0.05, 0) is 18.1 Å². The topological polar surface area (TPSA) is 39.1 Å². The Morgan fingerprint density at radius 3 is 3.25 bits per heavy atom. The van der Waals surface area contributed by atoms with E-state index in [1.54, 1.807) is 7.11 Å². The molecule has 0 bridgehead atoms. The zero-order valence-corrected chi connectivity index (χ0v) is 12.4. The third kappa shape index (κ3) is 2.99. The van der Waals surface area contributed by atoms with E-state index in [4.69, 9.17) is 4.74 Å². The number of hydrogen-bond acceptors (Lipinski definition) is 4. The van der Waals surface area contributed by atoms with Crippen LogP contribution in [-0.2, 0) is 11.3 Å². The highest BCUT2D eigenvalue weighted by Gasteiger charge is 2.20. The van der Waals surface area contributed by atoms with Crippen LogP contribution >= 0.6 is 11.8 Å². The first kappa shape index (κ1) is 13.5. The van der Waals surface area contributed by atoms with Crippen molar-refractivity contribution in [3.8, 4) is 0 Å². The molecule has 1 N–H and O–H groups in total. The van der Waals surface area contributed by atoms with E-state index in [-0.39, 0.29) is 0 Å². The molecular formula is C15H19N3OS. The fourth-order valence-electron chi connectivity index (χ4n) is 2.44. The van der Waals surface area contributed by atoms with Gasteiger partial charge in [-0.3, -0.25) is 4.68 Å². The van der Waals surface area contributed by atoms with E-state index in [0.717, 1.165) is 24.4 Å². The van der Waals surface area contributed by atoms with Gasteiger partial charge in [0.1, 0.15) is 0 Å². The number of nitrogens with zero attached hydrogens (tertiary/aromatic N) is 2. The minimum Gasteiger partial charge on any atom is -0.383 e. The zero-order chi connectivity index (χ0) is 13.8. The Morgan fingerprint density at radius 2 is 2.35 bits per heavy atom. The predicted molar refractivity (Wildman–Crippen MR) is 82.2 cm³/mol. The van der Waals surface area contributed by atoms with Gasteiger partial charge < -0.3 is 10.1 Å². The minimum atomic E-state index is 0.382. The Balaban J connectivity index is 1.71. The molecule has 20 heavy (non-hydrogen) atoms. The first-order valence-corrected chi connectivity index (χ1v) is 7.85. The molecule has 0 aliphatic carbocycles. The van der Waals surface area contributed by atoms with E-state index >= 15 is 0 Å². The lowest BCUT2D eigenvalue weighted by Crippen LogP contribution is -2.15. The number of benzene rings is 1. The van der Waals surface area contributed by atoms with Crippen molar-refractivity contribution in [2.24, 2.45) is 0 Å². The van der Waals surface area contributed by atoms with Crippen LogP contribution in [0.5, 0.6) is 0 Å². The van der Waals surface area contributed by atoms with Gasteiger partial charge in [0.15, 0.2) is 0 Å². The molecule has 2 aromatic rings. The molecule has 1 aromatic heterocycles. The van der Waals surface area contributed by atoms with Crippen molar-refractivity contribution in [2.75, 3.05) is 24.8 Å². The normalized spacial score (nSPS) is 17.8. The Morgan fingerprint density at radius 1 is 1.45 bits per heavy atom. The molecule has 3 rings (SSSR count). The lowest BCUT2D eigenvalue weighted by molar-refractivity contribution is 0.183. The van der Waals surface area contributed by atoms with Gasteiger partial charge in [-0.15, -0.1) is 11.8 Å². The summed E-state index contributed by atoms with van der Waals surface area (Å²) in [5.41, 5.74) is 2.47. The van der Waals surface area contributed by atoms with Crippen LogP contribution in [0.15, 0.2) is 41.6 Å². The Labute approximate surface area is 123 Å². The second kappa shape index (κ2) is 6.33. The highest BCUT2D eigenvalue weighted by molar-refractivity contribution is 7.99. The van der Waals surface area contributed by atoms with Crippen molar-refractivity contribution < 1.29 is 4.74 Å². The van der Waals surface area contributed by atoms with E-state index in [9.17, 15) is 0 Å². The molecule has 0 spiro atoms. The summed E-state index contributed by atoms with van der Waals surface area (Å²) in [4.78, 5) is 1.39. The molecule has 1 aliphatic rings. The van der Waals surface area contributed by atoms with Crippen LogP contribution < -0.4 is 5.32 Å². The monoisotopic (exact) mass is 289 g/mol. The lowest BCUT2D eigenvalue weighted by Gasteiger charge is -2.26. The van der Waals surface area contributed by atoms with E-state index in [1.807, 2.05) is 28.8 Å². The third-order valence-electron chi connectivity index (χ3n) is 3.46. The SMILES string of the molecule is COCCn1cc(NC2CCSc3ccccc32)cn1. The maximum Gasteiger partial charge on any atom is 0.0731 e. The number of anilines is 1. The average Bonchev–Trinajstić information content (AvgIpc) is 2.93. The van der Waals surface area contributed by atoms with Crippen molar-refractivity contribution in [1.29, 1.82) is 0 Å². The highest BCUT2D eigenvalue weighted by Crippen LogP contribution is 2.37. The number of hydrogen-bond donors (Lipinski definition) is 1. The molecule has 0 saturated heterocycles. The molecule has 1 atom stereocenters. The number of aromatic nitrogens is 2. The summed E-state index contributed by atoms with van der Waals surface area (Å²) in [7, 11) is 1.71.